The molecule has 0 fully saturated rings. The van der Waals surface area contributed by atoms with E-state index in [9.17, 15) is 28.7 Å². The lowest BCUT2D eigenvalue weighted by molar-refractivity contribution is 0.409. The Morgan fingerprint density at radius 3 is 2.44 bits per heavy atom. The van der Waals surface area contributed by atoms with E-state index in [-0.39, 0.29) is 45.4 Å². The number of phenols is 1. The number of rotatable bonds is 5. The molecule has 1 aromatic heterocycles. The normalized spacial score (nSPS) is 11.6. The molecule has 1 aromatic carbocycles. The maximum Gasteiger partial charge on any atom is 0.281 e. The highest BCUT2D eigenvalue weighted by atomic mass is 32.2. The van der Waals surface area contributed by atoms with Gasteiger partial charge in [0.25, 0.3) is 5.56 Å². The van der Waals surface area contributed by atoms with Gasteiger partial charge in [-0.15, -0.1) is 10.2 Å². The van der Waals surface area contributed by atoms with Crippen LogP contribution in [0.4, 0.5) is 11.4 Å². The number of benzene rings is 1. The van der Waals surface area contributed by atoms with Gasteiger partial charge in [-0.1, -0.05) is 6.92 Å². The van der Waals surface area contributed by atoms with Gasteiger partial charge in [-0.3, -0.25) is 9.36 Å². The zero-order valence-corrected chi connectivity index (χ0v) is 15.8. The van der Waals surface area contributed by atoms with Crippen molar-refractivity contribution in [2.45, 2.75) is 32.2 Å². The van der Waals surface area contributed by atoms with Gasteiger partial charge in [-0.05, 0) is 32.0 Å². The van der Waals surface area contributed by atoms with Crippen LogP contribution in [0.2, 0.25) is 0 Å². The van der Waals surface area contributed by atoms with Crippen molar-refractivity contribution in [3.8, 4) is 17.7 Å². The molecular formula is C17H18N4O5S. The molecule has 0 aliphatic rings. The lowest BCUT2D eigenvalue weighted by atomic mass is 10.1. The van der Waals surface area contributed by atoms with Gasteiger partial charge in [0.2, 0.25) is 5.88 Å². The Kier molecular flexibility index (Phi) is 5.66. The minimum atomic E-state index is -3.52. The zero-order valence-electron chi connectivity index (χ0n) is 15.0. The Morgan fingerprint density at radius 1 is 1.22 bits per heavy atom. The lowest BCUT2D eigenvalue weighted by Crippen LogP contribution is -2.20. The fraction of sp³-hybridized carbons (Fsp3) is 0.294. The van der Waals surface area contributed by atoms with Gasteiger partial charge >= 0.3 is 0 Å². The Bertz CT molecular complexity index is 1130. The predicted molar refractivity (Wildman–Crippen MR) is 97.5 cm³/mol. The number of pyridine rings is 1. The first kappa shape index (κ1) is 20.1. The monoisotopic (exact) mass is 390 g/mol. The van der Waals surface area contributed by atoms with Gasteiger partial charge in [-0.2, -0.15) is 5.26 Å². The molecule has 2 N–H and O–H groups in total. The van der Waals surface area contributed by atoms with Crippen molar-refractivity contribution in [3.63, 3.8) is 0 Å². The van der Waals surface area contributed by atoms with Crippen LogP contribution in [0.1, 0.15) is 25.0 Å². The Hall–Kier alpha value is -3.19. The second kappa shape index (κ2) is 7.59. The maximum absolute atomic E-state index is 12.5. The van der Waals surface area contributed by atoms with E-state index in [1.165, 1.54) is 26.0 Å². The van der Waals surface area contributed by atoms with Gasteiger partial charge in [0.15, 0.2) is 15.5 Å². The first-order valence-corrected chi connectivity index (χ1v) is 9.67. The van der Waals surface area contributed by atoms with E-state index < -0.39 is 21.3 Å². The van der Waals surface area contributed by atoms with E-state index in [0.29, 0.717) is 0 Å². The average molecular weight is 390 g/mol. The summed E-state index contributed by atoms with van der Waals surface area (Å²) in [5.41, 5.74) is -0.971. The van der Waals surface area contributed by atoms with Crippen LogP contribution >= 0.6 is 0 Å². The van der Waals surface area contributed by atoms with Crippen LogP contribution in [0.5, 0.6) is 11.6 Å². The number of nitriles is 1. The minimum Gasteiger partial charge on any atom is -0.506 e. The van der Waals surface area contributed by atoms with Crippen molar-refractivity contribution in [2.24, 2.45) is 10.2 Å². The van der Waals surface area contributed by atoms with Crippen molar-refractivity contribution in [1.29, 1.82) is 5.26 Å². The van der Waals surface area contributed by atoms with E-state index in [0.717, 1.165) is 10.6 Å². The predicted octanol–water partition coefficient (Wildman–Crippen LogP) is 2.67. The molecule has 1 heterocycles. The fourth-order valence-electron chi connectivity index (χ4n) is 2.40. The van der Waals surface area contributed by atoms with Crippen LogP contribution in [0.3, 0.4) is 0 Å². The van der Waals surface area contributed by atoms with Crippen molar-refractivity contribution in [3.05, 3.63) is 39.7 Å². The Labute approximate surface area is 155 Å². The summed E-state index contributed by atoms with van der Waals surface area (Å²) in [7, 11) is -3.52. The topological polar surface area (TPSA) is 145 Å². The van der Waals surface area contributed by atoms with Gasteiger partial charge in [0.05, 0.1) is 10.6 Å². The van der Waals surface area contributed by atoms with Crippen LogP contribution in [-0.2, 0) is 16.4 Å². The van der Waals surface area contributed by atoms with Crippen LogP contribution in [0.15, 0.2) is 38.1 Å². The highest BCUT2D eigenvalue weighted by Crippen LogP contribution is 2.32. The van der Waals surface area contributed by atoms with Crippen LogP contribution in [0.25, 0.3) is 0 Å². The molecule has 9 nitrogen and oxygen atoms in total. The molecule has 0 saturated carbocycles. The van der Waals surface area contributed by atoms with Crippen molar-refractivity contribution in [2.75, 3.05) is 5.75 Å². The molecule has 0 amide bonds. The summed E-state index contributed by atoms with van der Waals surface area (Å²) in [6, 6.07) is 5.38. The van der Waals surface area contributed by atoms with E-state index in [2.05, 4.69) is 10.2 Å². The summed E-state index contributed by atoms with van der Waals surface area (Å²) < 4.78 is 24.9. The number of aromatic nitrogens is 1. The van der Waals surface area contributed by atoms with Crippen molar-refractivity contribution in [1.82, 2.24) is 4.57 Å². The average Bonchev–Trinajstić information content (AvgIpc) is 2.63. The quantitative estimate of drug-likeness (QED) is 0.751. The molecule has 2 aromatic rings. The van der Waals surface area contributed by atoms with Crippen LogP contribution < -0.4 is 5.56 Å². The third-order valence-corrected chi connectivity index (χ3v) is 5.76. The lowest BCUT2D eigenvalue weighted by Gasteiger charge is -2.10. The Morgan fingerprint density at radius 2 is 1.89 bits per heavy atom. The first-order valence-electron chi connectivity index (χ1n) is 8.01. The van der Waals surface area contributed by atoms with Gasteiger partial charge in [0, 0.05) is 12.1 Å². The van der Waals surface area contributed by atoms with Gasteiger partial charge in [0.1, 0.15) is 23.1 Å². The van der Waals surface area contributed by atoms with E-state index in [1.54, 1.807) is 6.92 Å². The second-order valence-electron chi connectivity index (χ2n) is 5.59. The number of phenolic OH excluding ortho intramolecular Hbond substituents is 1. The summed E-state index contributed by atoms with van der Waals surface area (Å²) in [6.07, 6.45) is 0. The number of azo groups is 1. The molecule has 0 radical (unpaired) electrons. The molecule has 0 saturated heterocycles. The highest BCUT2D eigenvalue weighted by molar-refractivity contribution is 7.91. The zero-order chi connectivity index (χ0) is 20.4. The first-order chi connectivity index (χ1) is 12.7. The van der Waals surface area contributed by atoms with Crippen molar-refractivity contribution >= 4 is 21.2 Å². The van der Waals surface area contributed by atoms with Crippen molar-refractivity contribution < 1.29 is 18.6 Å². The fourth-order valence-corrected chi connectivity index (χ4v) is 3.30. The minimum absolute atomic E-state index is 0.0390. The van der Waals surface area contributed by atoms with Crippen LogP contribution in [-0.4, -0.2) is 29.0 Å². The molecule has 0 spiro atoms. The van der Waals surface area contributed by atoms with E-state index >= 15 is 0 Å². The van der Waals surface area contributed by atoms with Gasteiger partial charge in [-0.25, -0.2) is 8.42 Å². The molecule has 27 heavy (non-hydrogen) atoms. The highest BCUT2D eigenvalue weighted by Gasteiger charge is 2.19. The summed E-state index contributed by atoms with van der Waals surface area (Å²) in [4.78, 5) is 12.4. The Balaban J connectivity index is 2.65. The second-order valence-corrected chi connectivity index (χ2v) is 7.87. The largest absolute Gasteiger partial charge is 0.506 e. The molecule has 2 rings (SSSR count). The molecule has 0 bridgehead atoms. The van der Waals surface area contributed by atoms with E-state index in [1.807, 2.05) is 6.07 Å². The summed E-state index contributed by atoms with van der Waals surface area (Å²) >= 11 is 0. The third kappa shape index (κ3) is 3.68. The van der Waals surface area contributed by atoms with Gasteiger partial charge < -0.3 is 10.2 Å². The smallest absolute Gasteiger partial charge is 0.281 e. The third-order valence-electron chi connectivity index (χ3n) is 4.03. The molecule has 0 aliphatic heterocycles. The SMILES string of the molecule is CCn1c(O)c(C#N)c(C)c(N=Nc2cc(S(=O)(=O)CC)ccc2O)c1=O. The molecule has 0 aliphatic carbocycles. The summed E-state index contributed by atoms with van der Waals surface area (Å²) in [6.45, 7) is 4.65. The number of hydrogen-bond acceptors (Lipinski definition) is 8. The number of nitrogens with zero attached hydrogens (tertiary/aromatic N) is 4. The number of aromatic hydroxyl groups is 2. The van der Waals surface area contributed by atoms with E-state index in [4.69, 9.17) is 0 Å². The summed E-state index contributed by atoms with van der Waals surface area (Å²) in [5, 5.41) is 36.8. The number of sulfone groups is 1. The number of hydrogen-bond donors (Lipinski definition) is 2. The molecule has 10 heteroatoms. The van der Waals surface area contributed by atoms with Crippen LogP contribution in [0, 0.1) is 18.3 Å². The molecule has 0 atom stereocenters. The standard InChI is InChI=1S/C17H18N4O5S/c1-4-21-16(23)12(9-18)10(3)15(17(21)24)20-19-13-8-11(6-7-14(13)22)27(25,26)5-2/h6-8,22-23H,4-5H2,1-3H3. The molecular weight excluding hydrogens is 372 g/mol. The molecule has 142 valence electrons. The summed E-state index contributed by atoms with van der Waals surface area (Å²) in [5.74, 6) is -0.903. The maximum atomic E-state index is 12.5. The molecule has 0 unspecified atom stereocenters.